The molecule has 0 atom stereocenters. The summed E-state index contributed by atoms with van der Waals surface area (Å²) in [6.07, 6.45) is 3.86. The average Bonchev–Trinajstić information content (AvgIpc) is 2.85. The van der Waals surface area contributed by atoms with Crippen LogP contribution in [0.2, 0.25) is 0 Å². The number of hydrogen-bond donors (Lipinski definition) is 1. The molecule has 0 bridgehead atoms. The predicted molar refractivity (Wildman–Crippen MR) is 75.4 cm³/mol. The van der Waals surface area contributed by atoms with Gasteiger partial charge in [0.05, 0.1) is 11.6 Å². The minimum Gasteiger partial charge on any atom is -0.385 e. The minimum atomic E-state index is 0.763. The number of H-pyrrole nitrogens is 1. The summed E-state index contributed by atoms with van der Waals surface area (Å²) in [5.74, 6) is 1.73. The van der Waals surface area contributed by atoms with E-state index in [4.69, 9.17) is 4.74 Å². The summed E-state index contributed by atoms with van der Waals surface area (Å²) >= 11 is 0. The van der Waals surface area contributed by atoms with E-state index >= 15 is 0 Å². The van der Waals surface area contributed by atoms with Crippen molar-refractivity contribution in [3.8, 4) is 0 Å². The Morgan fingerprint density at radius 2 is 2.16 bits per heavy atom. The summed E-state index contributed by atoms with van der Waals surface area (Å²) in [4.78, 5) is 11.2. The summed E-state index contributed by atoms with van der Waals surface area (Å²) in [7, 11) is 1.73. The van der Waals surface area contributed by atoms with Crippen LogP contribution in [-0.2, 0) is 4.74 Å². The first kappa shape index (κ1) is 13.7. The fourth-order valence-electron chi connectivity index (χ4n) is 2.16. The number of nitrogens with zero attached hydrogens (tertiary/aromatic N) is 4. The van der Waals surface area contributed by atoms with Gasteiger partial charge in [0.15, 0.2) is 5.65 Å². The molecular formula is C13H21N5O. The first-order valence-corrected chi connectivity index (χ1v) is 6.68. The molecule has 1 N–H and O–H groups in total. The highest BCUT2D eigenvalue weighted by Gasteiger charge is 2.14. The Bertz CT molecular complexity index is 525. The second kappa shape index (κ2) is 6.47. The van der Waals surface area contributed by atoms with Crippen molar-refractivity contribution in [1.82, 2.24) is 20.2 Å². The monoisotopic (exact) mass is 263 g/mol. The molecule has 2 aromatic rings. The molecule has 19 heavy (non-hydrogen) atoms. The Morgan fingerprint density at radius 3 is 2.89 bits per heavy atom. The standard InChI is InChI=1S/C13H21N5O/c1-4-6-18(7-5-8-19-3)13-11-9-14-17-12(11)15-10(2)16-13/h9H,4-8H2,1-3H3,(H,14,15,16,17). The van der Waals surface area contributed by atoms with Crippen LogP contribution in [-0.4, -0.2) is 47.0 Å². The summed E-state index contributed by atoms with van der Waals surface area (Å²) in [6, 6.07) is 0. The number of ether oxygens (including phenoxy) is 1. The van der Waals surface area contributed by atoms with Gasteiger partial charge >= 0.3 is 0 Å². The Labute approximate surface area is 113 Å². The van der Waals surface area contributed by atoms with Gasteiger partial charge in [-0.1, -0.05) is 6.92 Å². The number of nitrogens with one attached hydrogen (secondary N) is 1. The van der Waals surface area contributed by atoms with Crippen molar-refractivity contribution in [3.63, 3.8) is 0 Å². The molecule has 0 saturated carbocycles. The van der Waals surface area contributed by atoms with Crippen molar-refractivity contribution >= 4 is 16.9 Å². The minimum absolute atomic E-state index is 0.763. The highest BCUT2D eigenvalue weighted by molar-refractivity contribution is 5.86. The van der Waals surface area contributed by atoms with E-state index in [2.05, 4.69) is 32.0 Å². The molecule has 2 rings (SSSR count). The fraction of sp³-hybridized carbons (Fsp3) is 0.615. The van der Waals surface area contributed by atoms with Crippen molar-refractivity contribution < 1.29 is 4.74 Å². The quantitative estimate of drug-likeness (QED) is 0.773. The highest BCUT2D eigenvalue weighted by atomic mass is 16.5. The van der Waals surface area contributed by atoms with E-state index in [0.29, 0.717) is 0 Å². The first-order valence-electron chi connectivity index (χ1n) is 6.68. The molecule has 0 aliphatic rings. The van der Waals surface area contributed by atoms with Crippen LogP contribution in [0.3, 0.4) is 0 Å². The van der Waals surface area contributed by atoms with Gasteiger partial charge in [0, 0.05) is 26.8 Å². The van der Waals surface area contributed by atoms with Crippen molar-refractivity contribution in [2.75, 3.05) is 31.7 Å². The molecule has 0 unspecified atom stereocenters. The molecule has 0 aliphatic heterocycles. The third-order valence-electron chi connectivity index (χ3n) is 2.97. The third-order valence-corrected chi connectivity index (χ3v) is 2.97. The van der Waals surface area contributed by atoms with Crippen LogP contribution in [0.5, 0.6) is 0 Å². The Balaban J connectivity index is 2.29. The molecular weight excluding hydrogens is 242 g/mol. The van der Waals surface area contributed by atoms with E-state index in [1.165, 1.54) is 0 Å². The molecule has 0 aromatic carbocycles. The average molecular weight is 263 g/mol. The van der Waals surface area contributed by atoms with Crippen LogP contribution in [0.4, 0.5) is 5.82 Å². The zero-order valence-corrected chi connectivity index (χ0v) is 11.8. The molecule has 6 nitrogen and oxygen atoms in total. The van der Waals surface area contributed by atoms with E-state index in [1.807, 2.05) is 6.92 Å². The van der Waals surface area contributed by atoms with Crippen LogP contribution in [0, 0.1) is 6.92 Å². The van der Waals surface area contributed by atoms with Crippen molar-refractivity contribution in [2.45, 2.75) is 26.7 Å². The number of fused-ring (bicyclic) bond motifs is 1. The smallest absolute Gasteiger partial charge is 0.161 e. The molecule has 0 radical (unpaired) electrons. The Morgan fingerprint density at radius 1 is 1.32 bits per heavy atom. The summed E-state index contributed by atoms with van der Waals surface area (Å²) in [5.41, 5.74) is 0.801. The molecule has 6 heteroatoms. The van der Waals surface area contributed by atoms with E-state index in [-0.39, 0.29) is 0 Å². The second-order valence-corrected chi connectivity index (χ2v) is 4.56. The number of aromatic amines is 1. The lowest BCUT2D eigenvalue weighted by atomic mass is 10.3. The zero-order valence-electron chi connectivity index (χ0n) is 11.8. The summed E-state index contributed by atoms with van der Waals surface area (Å²) in [5, 5.41) is 7.96. The number of rotatable bonds is 7. The van der Waals surface area contributed by atoms with Gasteiger partial charge in [-0.2, -0.15) is 5.10 Å². The first-order chi connectivity index (χ1) is 9.26. The van der Waals surface area contributed by atoms with Gasteiger partial charge in [0.25, 0.3) is 0 Å². The number of anilines is 1. The van der Waals surface area contributed by atoms with Gasteiger partial charge in [-0.3, -0.25) is 5.10 Å². The van der Waals surface area contributed by atoms with Crippen molar-refractivity contribution in [2.24, 2.45) is 0 Å². The maximum Gasteiger partial charge on any atom is 0.161 e. The number of aryl methyl sites for hydroxylation is 1. The van der Waals surface area contributed by atoms with Crippen molar-refractivity contribution in [3.05, 3.63) is 12.0 Å². The van der Waals surface area contributed by atoms with Crippen LogP contribution in [0.25, 0.3) is 11.0 Å². The topological polar surface area (TPSA) is 66.9 Å². The Kier molecular flexibility index (Phi) is 4.68. The van der Waals surface area contributed by atoms with Gasteiger partial charge in [-0.15, -0.1) is 0 Å². The molecule has 0 spiro atoms. The van der Waals surface area contributed by atoms with E-state index in [0.717, 1.165) is 55.2 Å². The number of methoxy groups -OCH3 is 1. The molecule has 2 heterocycles. The molecule has 0 fully saturated rings. The lowest BCUT2D eigenvalue weighted by molar-refractivity contribution is 0.196. The number of hydrogen-bond acceptors (Lipinski definition) is 5. The second-order valence-electron chi connectivity index (χ2n) is 4.56. The maximum absolute atomic E-state index is 5.12. The third kappa shape index (κ3) is 3.20. The molecule has 2 aromatic heterocycles. The van der Waals surface area contributed by atoms with Crippen LogP contribution in [0.15, 0.2) is 6.20 Å². The number of aromatic nitrogens is 4. The highest BCUT2D eigenvalue weighted by Crippen LogP contribution is 2.22. The maximum atomic E-state index is 5.12. The lowest BCUT2D eigenvalue weighted by Gasteiger charge is -2.23. The molecule has 0 saturated heterocycles. The van der Waals surface area contributed by atoms with Gasteiger partial charge < -0.3 is 9.64 Å². The Hall–Kier alpha value is -1.69. The molecule has 0 aliphatic carbocycles. The van der Waals surface area contributed by atoms with Crippen LogP contribution in [0.1, 0.15) is 25.6 Å². The fourth-order valence-corrected chi connectivity index (χ4v) is 2.16. The van der Waals surface area contributed by atoms with Crippen molar-refractivity contribution in [1.29, 1.82) is 0 Å². The molecule has 104 valence electrons. The van der Waals surface area contributed by atoms with E-state index < -0.39 is 0 Å². The van der Waals surface area contributed by atoms with Gasteiger partial charge in [0.1, 0.15) is 11.6 Å². The molecule has 0 amide bonds. The zero-order chi connectivity index (χ0) is 13.7. The summed E-state index contributed by atoms with van der Waals surface area (Å²) in [6.45, 7) is 6.74. The SMILES string of the molecule is CCCN(CCCOC)c1nc(C)nc2[nH]ncc12. The van der Waals surface area contributed by atoms with E-state index in [9.17, 15) is 0 Å². The van der Waals surface area contributed by atoms with Crippen LogP contribution < -0.4 is 4.90 Å². The van der Waals surface area contributed by atoms with Gasteiger partial charge in [-0.05, 0) is 19.8 Å². The largest absolute Gasteiger partial charge is 0.385 e. The summed E-state index contributed by atoms with van der Waals surface area (Å²) < 4.78 is 5.12. The van der Waals surface area contributed by atoms with Gasteiger partial charge in [-0.25, -0.2) is 9.97 Å². The van der Waals surface area contributed by atoms with Crippen LogP contribution >= 0.6 is 0 Å². The lowest BCUT2D eigenvalue weighted by Crippen LogP contribution is -2.27. The normalized spacial score (nSPS) is 11.1. The van der Waals surface area contributed by atoms with E-state index in [1.54, 1.807) is 13.3 Å². The van der Waals surface area contributed by atoms with Gasteiger partial charge in [0.2, 0.25) is 0 Å². The predicted octanol–water partition coefficient (Wildman–Crippen LogP) is 1.91.